The second-order valence-corrected chi connectivity index (χ2v) is 6.93. The van der Waals surface area contributed by atoms with Crippen LogP contribution >= 0.6 is 0 Å². The Morgan fingerprint density at radius 3 is 2.33 bits per heavy atom. The van der Waals surface area contributed by atoms with E-state index in [4.69, 9.17) is 5.73 Å². The van der Waals surface area contributed by atoms with Gasteiger partial charge in [0.25, 0.3) is 5.56 Å². The van der Waals surface area contributed by atoms with Crippen LogP contribution < -0.4 is 17.0 Å². The van der Waals surface area contributed by atoms with Crippen LogP contribution in [0.2, 0.25) is 0 Å². The molecule has 0 spiro atoms. The second kappa shape index (κ2) is 7.16. The van der Waals surface area contributed by atoms with E-state index < -0.39 is 6.04 Å². The molecule has 0 radical (unpaired) electrons. The summed E-state index contributed by atoms with van der Waals surface area (Å²) >= 11 is 0. The van der Waals surface area contributed by atoms with Crippen molar-refractivity contribution in [2.45, 2.75) is 6.04 Å². The summed E-state index contributed by atoms with van der Waals surface area (Å²) < 4.78 is 4.04. The van der Waals surface area contributed by atoms with Crippen LogP contribution in [0.1, 0.15) is 16.2 Å². The molecular formula is C20H19N7O3. The van der Waals surface area contributed by atoms with Crippen LogP contribution in [0.5, 0.6) is 0 Å². The fourth-order valence-electron chi connectivity index (χ4n) is 3.22. The number of para-hydroxylation sites is 2. The van der Waals surface area contributed by atoms with E-state index >= 15 is 0 Å². The Morgan fingerprint density at radius 1 is 0.967 bits per heavy atom. The van der Waals surface area contributed by atoms with Gasteiger partial charge in [-0.05, 0) is 18.2 Å². The third-order valence-electron chi connectivity index (χ3n) is 4.91. The lowest BCUT2D eigenvalue weighted by Gasteiger charge is -2.13. The first-order valence-corrected chi connectivity index (χ1v) is 9.11. The number of nitrogens with two attached hydrogens (primary N) is 1. The number of nitrogens with zero attached hydrogens (tertiary/aromatic N) is 6. The molecular weight excluding hydrogens is 386 g/mol. The second-order valence-electron chi connectivity index (χ2n) is 6.93. The van der Waals surface area contributed by atoms with Crippen LogP contribution in [0.3, 0.4) is 0 Å². The smallest absolute Gasteiger partial charge is 0.328 e. The summed E-state index contributed by atoms with van der Waals surface area (Å²) in [5.74, 6) is -0.171. The van der Waals surface area contributed by atoms with Gasteiger partial charge in [0.15, 0.2) is 11.2 Å². The van der Waals surface area contributed by atoms with Gasteiger partial charge in [0.1, 0.15) is 5.69 Å². The number of carbonyl (C=O) groups is 1. The number of carbonyl (C=O) groups excluding carboxylic acids is 1. The Kier molecular flexibility index (Phi) is 4.63. The highest BCUT2D eigenvalue weighted by Crippen LogP contribution is 2.18. The van der Waals surface area contributed by atoms with Gasteiger partial charge in [0.2, 0.25) is 5.78 Å². The van der Waals surface area contributed by atoms with E-state index in [-0.39, 0.29) is 17.0 Å². The van der Waals surface area contributed by atoms with E-state index in [1.807, 2.05) is 24.3 Å². The number of hydrogen-bond donors (Lipinski definition) is 1. The van der Waals surface area contributed by atoms with Crippen molar-refractivity contribution in [3.63, 3.8) is 0 Å². The molecule has 10 heteroatoms. The zero-order valence-electron chi connectivity index (χ0n) is 16.6. The zero-order chi connectivity index (χ0) is 21.6. The number of hydrogen-bond acceptors (Lipinski definition) is 7. The monoisotopic (exact) mass is 405 g/mol. The Bertz CT molecular complexity index is 1460. The molecule has 0 bridgehead atoms. The average Bonchev–Trinajstić information content (AvgIpc) is 3.14. The van der Waals surface area contributed by atoms with E-state index in [1.54, 1.807) is 30.8 Å². The van der Waals surface area contributed by atoms with Crippen molar-refractivity contribution in [1.82, 2.24) is 28.7 Å². The molecule has 30 heavy (non-hydrogen) atoms. The Labute approximate surface area is 169 Å². The molecule has 0 fully saturated rings. The Morgan fingerprint density at radius 2 is 1.63 bits per heavy atom. The van der Waals surface area contributed by atoms with Gasteiger partial charge in [-0.3, -0.25) is 18.7 Å². The molecule has 1 aliphatic carbocycles. The molecule has 10 nitrogen and oxygen atoms in total. The van der Waals surface area contributed by atoms with Crippen molar-refractivity contribution in [2.24, 2.45) is 26.9 Å². The lowest BCUT2D eigenvalue weighted by Crippen LogP contribution is -2.37. The van der Waals surface area contributed by atoms with E-state index in [0.717, 1.165) is 15.6 Å². The van der Waals surface area contributed by atoms with Gasteiger partial charge in [-0.1, -0.05) is 18.2 Å². The third kappa shape index (κ3) is 3.03. The SMILES string of the molecule is Cn1c(=O)c2c(ncn2C)n(C)c1=O.NC1C=Cc2nc3ccccc3nc2C1=O. The van der Waals surface area contributed by atoms with Crippen molar-refractivity contribution < 1.29 is 4.79 Å². The number of aromatic nitrogens is 6. The summed E-state index contributed by atoms with van der Waals surface area (Å²) in [6, 6.07) is 6.87. The van der Waals surface area contributed by atoms with E-state index in [9.17, 15) is 14.4 Å². The molecule has 0 aliphatic heterocycles. The summed E-state index contributed by atoms with van der Waals surface area (Å²) in [4.78, 5) is 47.6. The average molecular weight is 405 g/mol. The minimum absolute atomic E-state index is 0.171. The summed E-state index contributed by atoms with van der Waals surface area (Å²) in [5, 5.41) is 0. The summed E-state index contributed by atoms with van der Waals surface area (Å²) in [5.41, 5.74) is 8.29. The van der Waals surface area contributed by atoms with Crippen LogP contribution in [-0.4, -0.2) is 40.5 Å². The molecule has 1 atom stereocenters. The predicted octanol–water partition coefficient (Wildman–Crippen LogP) is 0.137. The maximum atomic E-state index is 11.8. The van der Waals surface area contributed by atoms with Crippen molar-refractivity contribution in [1.29, 1.82) is 0 Å². The van der Waals surface area contributed by atoms with Gasteiger partial charge >= 0.3 is 5.69 Å². The molecule has 1 aliphatic rings. The normalized spacial score (nSPS) is 15.2. The molecule has 5 rings (SSSR count). The highest BCUT2D eigenvalue weighted by molar-refractivity contribution is 6.05. The van der Waals surface area contributed by atoms with Crippen molar-refractivity contribution in [3.05, 3.63) is 68.9 Å². The third-order valence-corrected chi connectivity index (χ3v) is 4.91. The van der Waals surface area contributed by atoms with Crippen LogP contribution in [0.15, 0.2) is 46.3 Å². The van der Waals surface area contributed by atoms with Crippen LogP contribution in [0.25, 0.3) is 28.3 Å². The zero-order valence-corrected chi connectivity index (χ0v) is 16.6. The van der Waals surface area contributed by atoms with E-state index in [1.165, 1.54) is 17.9 Å². The van der Waals surface area contributed by atoms with Crippen molar-refractivity contribution in [3.8, 4) is 0 Å². The molecule has 152 valence electrons. The van der Waals surface area contributed by atoms with Gasteiger partial charge in [0, 0.05) is 21.1 Å². The predicted molar refractivity (Wildman–Crippen MR) is 112 cm³/mol. The quantitative estimate of drug-likeness (QED) is 0.440. The van der Waals surface area contributed by atoms with Gasteiger partial charge in [-0.15, -0.1) is 0 Å². The van der Waals surface area contributed by atoms with Crippen LogP contribution in [0, 0.1) is 0 Å². The maximum Gasteiger partial charge on any atom is 0.332 e. The van der Waals surface area contributed by atoms with Crippen LogP contribution in [-0.2, 0) is 21.1 Å². The first-order chi connectivity index (χ1) is 14.3. The lowest BCUT2D eigenvalue weighted by atomic mass is 10.0. The minimum Gasteiger partial charge on any atom is -0.328 e. The number of fused-ring (bicyclic) bond motifs is 3. The fourth-order valence-corrected chi connectivity index (χ4v) is 3.22. The summed E-state index contributed by atoms with van der Waals surface area (Å²) in [6.45, 7) is 0. The minimum atomic E-state index is -0.594. The molecule has 3 aromatic heterocycles. The lowest BCUT2D eigenvalue weighted by molar-refractivity contribution is 0.0971. The molecule has 3 heterocycles. The van der Waals surface area contributed by atoms with Gasteiger partial charge in [-0.2, -0.15) is 0 Å². The number of ketones is 1. The topological polar surface area (TPSA) is 131 Å². The number of aryl methyl sites for hydroxylation is 2. The van der Waals surface area contributed by atoms with Gasteiger partial charge in [-0.25, -0.2) is 19.7 Å². The standard InChI is InChI=1S/C12H9N3O.C8H10N4O2/c13-7-5-6-10-11(12(7)16)15-9-4-2-1-3-8(9)14-10;1-10-4-9-6-5(10)7(13)12(3)8(14)11(6)2/h1-7H,13H2;4H,1-3H3. The number of benzene rings is 1. The molecule has 4 aromatic rings. The molecule has 0 saturated heterocycles. The fraction of sp³-hybridized carbons (Fsp3) is 0.200. The molecule has 2 N–H and O–H groups in total. The van der Waals surface area contributed by atoms with E-state index in [0.29, 0.717) is 22.6 Å². The number of Topliss-reactive ketones (excluding diaryl/α,β-unsaturated/α-hetero) is 1. The maximum absolute atomic E-state index is 11.8. The summed E-state index contributed by atoms with van der Waals surface area (Å²) in [6.07, 6.45) is 4.92. The van der Waals surface area contributed by atoms with E-state index in [2.05, 4.69) is 15.0 Å². The molecule has 1 aromatic carbocycles. The Balaban J connectivity index is 0.000000147. The first kappa shape index (κ1) is 19.4. The number of imidazole rings is 1. The van der Waals surface area contributed by atoms with Gasteiger partial charge < -0.3 is 10.3 Å². The van der Waals surface area contributed by atoms with Gasteiger partial charge in [0.05, 0.1) is 29.1 Å². The van der Waals surface area contributed by atoms with Crippen LogP contribution in [0.4, 0.5) is 0 Å². The largest absolute Gasteiger partial charge is 0.332 e. The highest BCUT2D eigenvalue weighted by Gasteiger charge is 2.23. The summed E-state index contributed by atoms with van der Waals surface area (Å²) in [7, 11) is 4.77. The highest BCUT2D eigenvalue weighted by atomic mass is 16.2. The molecule has 0 saturated carbocycles. The first-order valence-electron chi connectivity index (χ1n) is 9.11. The Hall–Kier alpha value is -3.92. The van der Waals surface area contributed by atoms with Crippen molar-refractivity contribution >= 4 is 34.1 Å². The molecule has 1 unspecified atom stereocenters. The number of rotatable bonds is 0. The molecule has 0 amide bonds. The van der Waals surface area contributed by atoms with Crippen molar-refractivity contribution in [2.75, 3.05) is 0 Å².